The van der Waals surface area contributed by atoms with E-state index in [1.165, 1.54) is 18.4 Å². The van der Waals surface area contributed by atoms with Crippen LogP contribution in [0.1, 0.15) is 24.2 Å². The summed E-state index contributed by atoms with van der Waals surface area (Å²) in [5, 5.41) is 3.60. The molecule has 1 aromatic heterocycles. The SMILES string of the molecule is c1ccc(C2(NCc3ncc[nH]3)CC2)cc1. The van der Waals surface area contributed by atoms with E-state index < -0.39 is 0 Å². The van der Waals surface area contributed by atoms with Crippen molar-refractivity contribution in [1.82, 2.24) is 15.3 Å². The summed E-state index contributed by atoms with van der Waals surface area (Å²) in [6.45, 7) is 0.807. The molecule has 2 N–H and O–H groups in total. The predicted octanol–water partition coefficient (Wildman–Crippen LogP) is 2.19. The molecule has 0 saturated heterocycles. The molecule has 1 aliphatic rings. The summed E-state index contributed by atoms with van der Waals surface area (Å²) < 4.78 is 0. The highest BCUT2D eigenvalue weighted by molar-refractivity contribution is 5.29. The monoisotopic (exact) mass is 213 g/mol. The average Bonchev–Trinajstić information content (AvgIpc) is 2.96. The van der Waals surface area contributed by atoms with Gasteiger partial charge in [0.05, 0.1) is 6.54 Å². The number of aromatic nitrogens is 2. The van der Waals surface area contributed by atoms with Crippen LogP contribution in [0.3, 0.4) is 0 Å². The number of imidazole rings is 1. The van der Waals surface area contributed by atoms with E-state index in [-0.39, 0.29) is 5.54 Å². The van der Waals surface area contributed by atoms with Crippen LogP contribution in [0.4, 0.5) is 0 Å². The number of hydrogen-bond acceptors (Lipinski definition) is 2. The maximum Gasteiger partial charge on any atom is 0.120 e. The fraction of sp³-hybridized carbons (Fsp3) is 0.308. The first-order chi connectivity index (χ1) is 7.89. The summed E-state index contributed by atoms with van der Waals surface area (Å²) >= 11 is 0. The second-order valence-corrected chi connectivity index (χ2v) is 4.34. The molecular weight excluding hydrogens is 198 g/mol. The van der Waals surface area contributed by atoms with Gasteiger partial charge in [-0.15, -0.1) is 0 Å². The van der Waals surface area contributed by atoms with Crippen LogP contribution in [0.5, 0.6) is 0 Å². The highest BCUT2D eigenvalue weighted by Crippen LogP contribution is 2.45. The zero-order chi connectivity index (χ0) is 10.8. The Hall–Kier alpha value is -1.61. The molecular formula is C13H15N3. The first kappa shape index (κ1) is 9.60. The lowest BCUT2D eigenvalue weighted by Crippen LogP contribution is -2.28. The summed E-state index contributed by atoms with van der Waals surface area (Å²) in [5.41, 5.74) is 1.59. The zero-order valence-electron chi connectivity index (χ0n) is 9.11. The Morgan fingerprint density at radius 1 is 1.25 bits per heavy atom. The number of rotatable bonds is 4. The number of H-pyrrole nitrogens is 1. The van der Waals surface area contributed by atoms with E-state index in [1.807, 2.05) is 6.20 Å². The van der Waals surface area contributed by atoms with Crippen LogP contribution in [0.15, 0.2) is 42.7 Å². The molecule has 1 aromatic carbocycles. The van der Waals surface area contributed by atoms with Crippen molar-refractivity contribution in [2.75, 3.05) is 0 Å². The van der Waals surface area contributed by atoms with Crippen LogP contribution in [0.2, 0.25) is 0 Å². The molecule has 0 aliphatic heterocycles. The van der Waals surface area contributed by atoms with Crippen molar-refractivity contribution in [3.63, 3.8) is 0 Å². The zero-order valence-corrected chi connectivity index (χ0v) is 9.11. The second-order valence-electron chi connectivity index (χ2n) is 4.34. The van der Waals surface area contributed by atoms with E-state index in [2.05, 4.69) is 45.6 Å². The third-order valence-electron chi connectivity index (χ3n) is 3.23. The van der Waals surface area contributed by atoms with Gasteiger partial charge in [0.15, 0.2) is 0 Å². The maximum absolute atomic E-state index is 4.22. The van der Waals surface area contributed by atoms with Gasteiger partial charge in [-0.2, -0.15) is 0 Å². The minimum Gasteiger partial charge on any atom is -0.348 e. The van der Waals surface area contributed by atoms with Gasteiger partial charge in [0.2, 0.25) is 0 Å². The van der Waals surface area contributed by atoms with Crippen molar-refractivity contribution < 1.29 is 0 Å². The van der Waals surface area contributed by atoms with Gasteiger partial charge in [-0.25, -0.2) is 4.98 Å². The van der Waals surface area contributed by atoms with E-state index in [4.69, 9.17) is 0 Å². The van der Waals surface area contributed by atoms with Crippen LogP contribution >= 0.6 is 0 Å². The lowest BCUT2D eigenvalue weighted by Gasteiger charge is -2.16. The molecule has 0 bridgehead atoms. The number of aromatic amines is 1. The fourth-order valence-corrected chi connectivity index (χ4v) is 2.10. The van der Waals surface area contributed by atoms with Gasteiger partial charge < -0.3 is 10.3 Å². The molecule has 0 radical (unpaired) electrons. The van der Waals surface area contributed by atoms with Gasteiger partial charge in [-0.3, -0.25) is 0 Å². The Morgan fingerprint density at radius 2 is 2.06 bits per heavy atom. The number of benzene rings is 1. The van der Waals surface area contributed by atoms with Crippen molar-refractivity contribution in [3.05, 3.63) is 54.1 Å². The molecule has 1 heterocycles. The minimum atomic E-state index is 0.202. The molecule has 3 nitrogen and oxygen atoms in total. The Morgan fingerprint density at radius 3 is 2.69 bits per heavy atom. The average molecular weight is 213 g/mol. The highest BCUT2D eigenvalue weighted by atomic mass is 15.1. The van der Waals surface area contributed by atoms with E-state index in [0.29, 0.717) is 0 Å². The Bertz CT molecular complexity index is 443. The Labute approximate surface area is 94.9 Å². The van der Waals surface area contributed by atoms with Crippen LogP contribution in [-0.2, 0) is 12.1 Å². The fourth-order valence-electron chi connectivity index (χ4n) is 2.10. The summed E-state index contributed by atoms with van der Waals surface area (Å²) in [6, 6.07) is 10.7. The molecule has 3 heteroatoms. The standard InChI is InChI=1S/C13H15N3/c1-2-4-11(5-3-1)13(6-7-13)16-10-12-14-8-9-15-12/h1-5,8-9,16H,6-7,10H2,(H,14,15). The normalized spacial score (nSPS) is 17.2. The van der Waals surface area contributed by atoms with Crippen molar-refractivity contribution in [2.45, 2.75) is 24.9 Å². The molecule has 16 heavy (non-hydrogen) atoms. The summed E-state index contributed by atoms with van der Waals surface area (Å²) in [6.07, 6.45) is 6.09. The summed E-state index contributed by atoms with van der Waals surface area (Å²) in [4.78, 5) is 7.34. The number of hydrogen-bond donors (Lipinski definition) is 2. The largest absolute Gasteiger partial charge is 0.348 e. The molecule has 1 fully saturated rings. The highest BCUT2D eigenvalue weighted by Gasteiger charge is 2.43. The van der Waals surface area contributed by atoms with Crippen molar-refractivity contribution in [2.24, 2.45) is 0 Å². The van der Waals surface area contributed by atoms with E-state index in [1.54, 1.807) is 6.20 Å². The second kappa shape index (κ2) is 3.76. The quantitative estimate of drug-likeness (QED) is 0.817. The van der Waals surface area contributed by atoms with Crippen LogP contribution < -0.4 is 5.32 Å². The Kier molecular flexibility index (Phi) is 2.26. The van der Waals surface area contributed by atoms with Crippen LogP contribution in [-0.4, -0.2) is 9.97 Å². The first-order valence-corrected chi connectivity index (χ1v) is 5.68. The summed E-state index contributed by atoms with van der Waals surface area (Å²) in [7, 11) is 0. The lowest BCUT2D eigenvalue weighted by atomic mass is 10.1. The van der Waals surface area contributed by atoms with Crippen LogP contribution in [0, 0.1) is 0 Å². The van der Waals surface area contributed by atoms with Gasteiger partial charge in [0, 0.05) is 17.9 Å². The van der Waals surface area contributed by atoms with E-state index >= 15 is 0 Å². The molecule has 0 atom stereocenters. The maximum atomic E-state index is 4.22. The molecule has 0 unspecified atom stereocenters. The third-order valence-corrected chi connectivity index (χ3v) is 3.23. The van der Waals surface area contributed by atoms with Gasteiger partial charge in [0.1, 0.15) is 5.82 Å². The van der Waals surface area contributed by atoms with E-state index in [0.717, 1.165) is 12.4 Å². The molecule has 3 rings (SSSR count). The Balaban J connectivity index is 1.71. The van der Waals surface area contributed by atoms with Gasteiger partial charge >= 0.3 is 0 Å². The van der Waals surface area contributed by atoms with Crippen molar-refractivity contribution >= 4 is 0 Å². The molecule has 82 valence electrons. The summed E-state index contributed by atoms with van der Waals surface area (Å²) in [5.74, 6) is 1.00. The smallest absolute Gasteiger partial charge is 0.120 e. The first-order valence-electron chi connectivity index (χ1n) is 5.68. The molecule has 0 amide bonds. The molecule has 1 aliphatic carbocycles. The lowest BCUT2D eigenvalue weighted by molar-refractivity contribution is 0.509. The number of nitrogens with zero attached hydrogens (tertiary/aromatic N) is 1. The minimum absolute atomic E-state index is 0.202. The van der Waals surface area contributed by atoms with Crippen LogP contribution in [0.25, 0.3) is 0 Å². The van der Waals surface area contributed by atoms with Gasteiger partial charge in [-0.05, 0) is 18.4 Å². The number of nitrogens with one attached hydrogen (secondary N) is 2. The van der Waals surface area contributed by atoms with Crippen molar-refractivity contribution in [1.29, 1.82) is 0 Å². The third kappa shape index (κ3) is 1.74. The van der Waals surface area contributed by atoms with Crippen molar-refractivity contribution in [3.8, 4) is 0 Å². The molecule has 2 aromatic rings. The molecule has 0 spiro atoms. The van der Waals surface area contributed by atoms with Gasteiger partial charge in [0.25, 0.3) is 0 Å². The topological polar surface area (TPSA) is 40.7 Å². The van der Waals surface area contributed by atoms with Gasteiger partial charge in [-0.1, -0.05) is 30.3 Å². The molecule has 1 saturated carbocycles. The predicted molar refractivity (Wildman–Crippen MR) is 62.8 cm³/mol. The van der Waals surface area contributed by atoms with E-state index in [9.17, 15) is 0 Å².